The number of hydrazone groups is 1. The highest BCUT2D eigenvalue weighted by Gasteiger charge is 2.07. The van der Waals surface area contributed by atoms with Crippen LogP contribution in [-0.4, -0.2) is 24.6 Å². The van der Waals surface area contributed by atoms with E-state index in [1.807, 2.05) is 18.2 Å². The summed E-state index contributed by atoms with van der Waals surface area (Å²) in [5, 5.41) is 6.71. The summed E-state index contributed by atoms with van der Waals surface area (Å²) in [4.78, 5) is 23.9. The number of methoxy groups -OCH3 is 1. The first-order valence-electron chi connectivity index (χ1n) is 7.41. The lowest BCUT2D eigenvalue weighted by atomic mass is 10.2. The molecule has 0 atom stereocenters. The van der Waals surface area contributed by atoms with Gasteiger partial charge in [-0.3, -0.25) is 9.59 Å². The van der Waals surface area contributed by atoms with E-state index in [1.54, 1.807) is 50.4 Å². The van der Waals surface area contributed by atoms with Crippen molar-refractivity contribution >= 4 is 23.2 Å². The Balaban J connectivity index is 1.86. The summed E-state index contributed by atoms with van der Waals surface area (Å²) >= 11 is 0. The summed E-state index contributed by atoms with van der Waals surface area (Å²) in [6.45, 7) is 1.68. The average Bonchev–Trinajstić information content (AvgIpc) is 2.60. The van der Waals surface area contributed by atoms with Crippen LogP contribution in [0.5, 0.6) is 5.75 Å². The molecule has 0 saturated heterocycles. The van der Waals surface area contributed by atoms with Crippen LogP contribution in [-0.2, 0) is 4.79 Å². The quantitative estimate of drug-likeness (QED) is 0.633. The SMILES string of the molecule is COc1ccc(C(=O)N/N=C(\C)CC(=O)Nc2ccccc2)cc1. The number of nitrogens with one attached hydrogen (secondary N) is 2. The molecule has 0 aliphatic rings. The van der Waals surface area contributed by atoms with Crippen LogP contribution in [0.2, 0.25) is 0 Å². The third-order valence-electron chi connectivity index (χ3n) is 3.17. The number of nitrogens with zero attached hydrogens (tertiary/aromatic N) is 1. The molecule has 0 radical (unpaired) electrons. The van der Waals surface area contributed by atoms with Gasteiger partial charge in [-0.15, -0.1) is 0 Å². The molecule has 0 aromatic heterocycles. The predicted molar refractivity (Wildman–Crippen MR) is 93.3 cm³/mol. The van der Waals surface area contributed by atoms with Gasteiger partial charge in [-0.1, -0.05) is 18.2 Å². The molecule has 124 valence electrons. The van der Waals surface area contributed by atoms with Gasteiger partial charge in [0.1, 0.15) is 5.75 Å². The van der Waals surface area contributed by atoms with E-state index >= 15 is 0 Å². The molecule has 0 unspecified atom stereocenters. The average molecular weight is 325 g/mol. The zero-order valence-corrected chi connectivity index (χ0v) is 13.6. The number of amides is 2. The molecule has 0 aliphatic heterocycles. The van der Waals surface area contributed by atoms with E-state index in [0.717, 1.165) is 5.69 Å². The Morgan fingerprint density at radius 2 is 1.71 bits per heavy atom. The van der Waals surface area contributed by atoms with E-state index in [2.05, 4.69) is 15.8 Å². The third kappa shape index (κ3) is 5.24. The first kappa shape index (κ1) is 17.2. The van der Waals surface area contributed by atoms with E-state index < -0.39 is 0 Å². The van der Waals surface area contributed by atoms with Gasteiger partial charge >= 0.3 is 0 Å². The summed E-state index contributed by atoms with van der Waals surface area (Å²) in [5.74, 6) is 0.130. The van der Waals surface area contributed by atoms with Gasteiger partial charge in [0.2, 0.25) is 5.91 Å². The molecule has 0 heterocycles. The summed E-state index contributed by atoms with van der Waals surface area (Å²) in [5.41, 5.74) is 4.12. The van der Waals surface area contributed by atoms with E-state index in [1.165, 1.54) is 0 Å². The molecule has 2 aromatic carbocycles. The highest BCUT2D eigenvalue weighted by atomic mass is 16.5. The van der Waals surface area contributed by atoms with E-state index in [0.29, 0.717) is 17.0 Å². The molecule has 0 fully saturated rings. The Hall–Kier alpha value is -3.15. The van der Waals surface area contributed by atoms with Crippen molar-refractivity contribution in [1.29, 1.82) is 0 Å². The number of benzene rings is 2. The van der Waals surface area contributed by atoms with E-state index in [-0.39, 0.29) is 18.2 Å². The highest BCUT2D eigenvalue weighted by Crippen LogP contribution is 2.11. The third-order valence-corrected chi connectivity index (χ3v) is 3.17. The second-order valence-corrected chi connectivity index (χ2v) is 5.11. The van der Waals surface area contributed by atoms with Crippen molar-refractivity contribution in [2.75, 3.05) is 12.4 Å². The molecule has 2 aromatic rings. The molecule has 0 saturated carbocycles. The zero-order valence-electron chi connectivity index (χ0n) is 13.6. The maximum atomic E-state index is 12.0. The monoisotopic (exact) mass is 325 g/mol. The van der Waals surface area contributed by atoms with Crippen LogP contribution in [0, 0.1) is 0 Å². The largest absolute Gasteiger partial charge is 0.497 e. The molecular formula is C18H19N3O3. The van der Waals surface area contributed by atoms with Crippen molar-refractivity contribution in [2.24, 2.45) is 5.10 Å². The number of ether oxygens (including phenoxy) is 1. The van der Waals surface area contributed by atoms with Crippen molar-refractivity contribution < 1.29 is 14.3 Å². The molecule has 6 nitrogen and oxygen atoms in total. The standard InChI is InChI=1S/C18H19N3O3/c1-13(12-17(22)19-15-6-4-3-5-7-15)20-21-18(23)14-8-10-16(24-2)11-9-14/h3-11H,12H2,1-2H3,(H,19,22)(H,21,23)/b20-13+. The van der Waals surface area contributed by atoms with Gasteiger partial charge in [0.05, 0.1) is 13.5 Å². The predicted octanol–water partition coefficient (Wildman–Crippen LogP) is 2.83. The number of rotatable bonds is 6. The Bertz CT molecular complexity index is 725. The summed E-state index contributed by atoms with van der Waals surface area (Å²) in [6, 6.07) is 15.8. The number of hydrogen-bond acceptors (Lipinski definition) is 4. The maximum Gasteiger partial charge on any atom is 0.271 e. The minimum atomic E-state index is -0.347. The Morgan fingerprint density at radius 3 is 2.33 bits per heavy atom. The normalized spacial score (nSPS) is 10.8. The van der Waals surface area contributed by atoms with Crippen molar-refractivity contribution in [3.8, 4) is 5.75 Å². The first-order valence-corrected chi connectivity index (χ1v) is 7.41. The smallest absolute Gasteiger partial charge is 0.271 e. The molecule has 0 aliphatic carbocycles. The minimum Gasteiger partial charge on any atom is -0.497 e. The molecule has 2 rings (SSSR count). The Morgan fingerprint density at radius 1 is 1.04 bits per heavy atom. The van der Waals surface area contributed by atoms with Crippen molar-refractivity contribution in [2.45, 2.75) is 13.3 Å². The van der Waals surface area contributed by atoms with Gasteiger partial charge in [-0.2, -0.15) is 5.10 Å². The second kappa shape index (κ2) is 8.47. The molecule has 0 spiro atoms. The lowest BCUT2D eigenvalue weighted by molar-refractivity contribution is -0.115. The van der Waals surface area contributed by atoms with Crippen LogP contribution >= 0.6 is 0 Å². The van der Waals surface area contributed by atoms with Gasteiger partial charge < -0.3 is 10.1 Å². The zero-order chi connectivity index (χ0) is 17.4. The lowest BCUT2D eigenvalue weighted by Gasteiger charge is -2.05. The summed E-state index contributed by atoms with van der Waals surface area (Å²) in [7, 11) is 1.56. The van der Waals surface area contributed by atoms with Gasteiger partial charge in [0, 0.05) is 17.0 Å². The van der Waals surface area contributed by atoms with Gasteiger partial charge in [0.15, 0.2) is 0 Å². The van der Waals surface area contributed by atoms with Crippen LogP contribution in [0.3, 0.4) is 0 Å². The number of carbonyl (C=O) groups excluding carboxylic acids is 2. The highest BCUT2D eigenvalue weighted by molar-refractivity contribution is 6.06. The fourth-order valence-electron chi connectivity index (χ4n) is 1.95. The summed E-state index contributed by atoms with van der Waals surface area (Å²) < 4.78 is 5.04. The fraction of sp³-hybridized carbons (Fsp3) is 0.167. The van der Waals surface area contributed by atoms with Crippen LogP contribution in [0.25, 0.3) is 0 Å². The molecule has 24 heavy (non-hydrogen) atoms. The number of anilines is 1. The Kier molecular flexibility index (Phi) is 6.08. The second-order valence-electron chi connectivity index (χ2n) is 5.11. The summed E-state index contributed by atoms with van der Waals surface area (Å²) in [6.07, 6.45) is 0.0950. The Labute approximate surface area is 140 Å². The number of para-hydroxylation sites is 1. The van der Waals surface area contributed by atoms with Gasteiger partial charge in [0.25, 0.3) is 5.91 Å². The molecular weight excluding hydrogens is 306 g/mol. The van der Waals surface area contributed by atoms with Crippen LogP contribution < -0.4 is 15.5 Å². The number of carbonyl (C=O) groups is 2. The lowest BCUT2D eigenvalue weighted by Crippen LogP contribution is -2.21. The first-order chi connectivity index (χ1) is 11.6. The number of hydrogen-bond donors (Lipinski definition) is 2. The molecule has 2 amide bonds. The van der Waals surface area contributed by atoms with Crippen molar-refractivity contribution in [3.05, 3.63) is 60.2 Å². The minimum absolute atomic E-state index is 0.0950. The van der Waals surface area contributed by atoms with Crippen molar-refractivity contribution in [3.63, 3.8) is 0 Å². The molecule has 2 N–H and O–H groups in total. The van der Waals surface area contributed by atoms with Crippen LogP contribution in [0.15, 0.2) is 59.7 Å². The van der Waals surface area contributed by atoms with Crippen LogP contribution in [0.1, 0.15) is 23.7 Å². The maximum absolute atomic E-state index is 12.0. The van der Waals surface area contributed by atoms with Gasteiger partial charge in [-0.25, -0.2) is 5.43 Å². The van der Waals surface area contributed by atoms with E-state index in [4.69, 9.17) is 4.74 Å². The van der Waals surface area contributed by atoms with E-state index in [9.17, 15) is 9.59 Å². The van der Waals surface area contributed by atoms with Gasteiger partial charge in [-0.05, 0) is 43.3 Å². The molecule has 6 heteroatoms. The topological polar surface area (TPSA) is 79.8 Å². The van der Waals surface area contributed by atoms with Crippen molar-refractivity contribution in [1.82, 2.24) is 5.43 Å². The molecule has 0 bridgehead atoms. The van der Waals surface area contributed by atoms with Crippen LogP contribution in [0.4, 0.5) is 5.69 Å². The fourth-order valence-corrected chi connectivity index (χ4v) is 1.95.